The predicted octanol–water partition coefficient (Wildman–Crippen LogP) is 2.46. The largest absolute Gasteiger partial charge is 0.392 e. The minimum Gasteiger partial charge on any atom is -0.392 e. The Morgan fingerprint density at radius 3 is 2.50 bits per heavy atom. The smallest absolute Gasteiger partial charge is 0.0599 e. The summed E-state index contributed by atoms with van der Waals surface area (Å²) in [6, 6.07) is 8.26. The first-order valence-corrected chi connectivity index (χ1v) is 5.31. The van der Waals surface area contributed by atoms with E-state index in [1.54, 1.807) is 0 Å². The molecule has 1 atom stereocenters. The van der Waals surface area contributed by atoms with Gasteiger partial charge in [0, 0.05) is 0 Å². The number of hydrogen-bond acceptors (Lipinski definition) is 1. The first kappa shape index (κ1) is 9.44. The first-order valence-electron chi connectivity index (χ1n) is 3.90. The molecule has 0 fully saturated rings. The van der Waals surface area contributed by atoms with E-state index < -0.39 is 0 Å². The van der Waals surface area contributed by atoms with Gasteiger partial charge in [0.25, 0.3) is 0 Å². The number of aliphatic hydroxyl groups is 1. The third-order valence-corrected chi connectivity index (χ3v) is 2.54. The fourth-order valence-electron chi connectivity index (χ4n) is 0.972. The first-order chi connectivity index (χ1) is 5.86. The van der Waals surface area contributed by atoms with Crippen molar-refractivity contribution in [1.29, 1.82) is 0 Å². The van der Waals surface area contributed by atoms with Gasteiger partial charge in [0.2, 0.25) is 0 Å². The summed E-state index contributed by atoms with van der Waals surface area (Å²) < 4.78 is 0. The molecule has 2 heteroatoms. The van der Waals surface area contributed by atoms with Crippen LogP contribution in [0, 0.1) is 0 Å². The van der Waals surface area contributed by atoms with Crippen LogP contribution in [0.4, 0.5) is 0 Å². The highest BCUT2D eigenvalue weighted by atomic mass is 31.1. The lowest BCUT2D eigenvalue weighted by Crippen LogP contribution is -1.80. The zero-order chi connectivity index (χ0) is 8.81. The topological polar surface area (TPSA) is 20.2 Å². The highest BCUT2D eigenvalue weighted by molar-refractivity contribution is 7.36. The van der Waals surface area contributed by atoms with Crippen molar-refractivity contribution in [2.24, 2.45) is 0 Å². The summed E-state index contributed by atoms with van der Waals surface area (Å²) in [5, 5.41) is 8.62. The van der Waals surface area contributed by atoms with E-state index in [9.17, 15) is 0 Å². The van der Waals surface area contributed by atoms with Crippen LogP contribution in [-0.2, 0) is 6.16 Å². The Kier molecular flexibility index (Phi) is 3.99. The van der Waals surface area contributed by atoms with Gasteiger partial charge in [-0.15, -0.1) is 0 Å². The van der Waals surface area contributed by atoms with Gasteiger partial charge in [-0.25, -0.2) is 0 Å². The third kappa shape index (κ3) is 2.77. The van der Waals surface area contributed by atoms with Crippen molar-refractivity contribution < 1.29 is 5.11 Å². The highest BCUT2D eigenvalue weighted by Gasteiger charge is 1.91. The van der Waals surface area contributed by atoms with Gasteiger partial charge in [-0.3, -0.25) is 0 Å². The van der Waals surface area contributed by atoms with E-state index in [1.165, 1.54) is 5.56 Å². The average molecular weight is 180 g/mol. The Bertz CT molecular complexity index is 241. The molecule has 1 rings (SSSR count). The molecule has 0 aromatic heterocycles. The van der Waals surface area contributed by atoms with Gasteiger partial charge >= 0.3 is 0 Å². The van der Waals surface area contributed by atoms with Gasteiger partial charge in [0.1, 0.15) is 0 Å². The van der Waals surface area contributed by atoms with E-state index in [-0.39, 0.29) is 0 Å². The van der Waals surface area contributed by atoms with Crippen LogP contribution < -0.4 is 0 Å². The van der Waals surface area contributed by atoms with Crippen LogP contribution in [0.3, 0.4) is 0 Å². The molecule has 0 saturated heterocycles. The number of benzene rings is 1. The van der Waals surface area contributed by atoms with Crippen molar-refractivity contribution in [3.63, 3.8) is 0 Å². The second-order valence-electron chi connectivity index (χ2n) is 2.53. The minimum atomic E-state index is 0.295. The molecule has 0 saturated carbocycles. The van der Waals surface area contributed by atoms with E-state index in [0.29, 0.717) is 14.9 Å². The number of rotatable bonds is 4. The van der Waals surface area contributed by atoms with E-state index in [0.717, 1.165) is 11.7 Å². The Labute approximate surface area is 74.9 Å². The molecule has 0 heterocycles. The summed E-state index contributed by atoms with van der Waals surface area (Å²) in [6.07, 6.45) is 3.11. The summed E-state index contributed by atoms with van der Waals surface area (Å²) >= 11 is 0. The van der Waals surface area contributed by atoms with Crippen LogP contribution in [0.1, 0.15) is 11.1 Å². The minimum absolute atomic E-state index is 0.295. The normalized spacial score (nSPS) is 10.8. The summed E-state index contributed by atoms with van der Waals surface area (Å²) in [5.41, 5.74) is 2.43. The molecule has 1 unspecified atom stereocenters. The predicted molar refractivity (Wildman–Crippen MR) is 55.6 cm³/mol. The summed E-state index contributed by atoms with van der Waals surface area (Å²) in [5.74, 6) is 0. The molecule has 12 heavy (non-hydrogen) atoms. The molecule has 0 amide bonds. The fraction of sp³-hybridized carbons (Fsp3) is 0.200. The molecule has 0 spiro atoms. The monoisotopic (exact) mass is 180 g/mol. The van der Waals surface area contributed by atoms with E-state index in [1.807, 2.05) is 18.2 Å². The Balaban J connectivity index is 2.58. The lowest BCUT2D eigenvalue weighted by Gasteiger charge is -1.99. The molecule has 1 N–H and O–H groups in total. The molecule has 1 aromatic rings. The van der Waals surface area contributed by atoms with Crippen molar-refractivity contribution in [3.05, 3.63) is 42.0 Å². The van der Waals surface area contributed by atoms with Gasteiger partial charge < -0.3 is 5.11 Å². The van der Waals surface area contributed by atoms with Crippen molar-refractivity contribution in [2.45, 2.75) is 6.16 Å². The lowest BCUT2D eigenvalue weighted by molar-refractivity contribution is 0.372. The zero-order valence-electron chi connectivity index (χ0n) is 6.96. The van der Waals surface area contributed by atoms with Crippen LogP contribution in [0.5, 0.6) is 0 Å². The van der Waals surface area contributed by atoms with Gasteiger partial charge in [-0.05, 0) is 17.3 Å². The molecule has 0 radical (unpaired) electrons. The summed E-state index contributed by atoms with van der Waals surface area (Å²) in [6.45, 7) is 3.68. The SMILES string of the molecule is C=Cc1ccc(CPCO)cc1. The number of hydrogen-bond donors (Lipinski definition) is 1. The van der Waals surface area contributed by atoms with Crippen LogP contribution >= 0.6 is 8.58 Å². The van der Waals surface area contributed by atoms with Crippen molar-refractivity contribution in [3.8, 4) is 0 Å². The number of aliphatic hydroxyl groups excluding tert-OH is 1. The maximum absolute atomic E-state index is 8.62. The van der Waals surface area contributed by atoms with Gasteiger partial charge in [0.05, 0.1) is 6.35 Å². The van der Waals surface area contributed by atoms with Crippen molar-refractivity contribution in [1.82, 2.24) is 0 Å². The van der Waals surface area contributed by atoms with Gasteiger partial charge in [-0.2, -0.15) is 0 Å². The zero-order valence-corrected chi connectivity index (χ0v) is 7.96. The molecule has 0 bridgehead atoms. The summed E-state index contributed by atoms with van der Waals surface area (Å²) in [7, 11) is 0.619. The van der Waals surface area contributed by atoms with Crippen molar-refractivity contribution in [2.75, 3.05) is 6.35 Å². The van der Waals surface area contributed by atoms with Gasteiger partial charge in [0.15, 0.2) is 0 Å². The Morgan fingerprint density at radius 2 is 2.00 bits per heavy atom. The fourth-order valence-corrected chi connectivity index (χ4v) is 1.61. The maximum Gasteiger partial charge on any atom is 0.0599 e. The highest BCUT2D eigenvalue weighted by Crippen LogP contribution is 2.17. The van der Waals surface area contributed by atoms with Crippen LogP contribution in [0.25, 0.3) is 6.08 Å². The second-order valence-corrected chi connectivity index (χ2v) is 3.70. The van der Waals surface area contributed by atoms with Gasteiger partial charge in [-0.1, -0.05) is 45.5 Å². The quantitative estimate of drug-likeness (QED) is 0.705. The summed E-state index contributed by atoms with van der Waals surface area (Å²) in [4.78, 5) is 0. The Morgan fingerprint density at radius 1 is 1.33 bits per heavy atom. The second kappa shape index (κ2) is 5.08. The molecule has 0 aliphatic rings. The molecule has 0 aliphatic heterocycles. The molecule has 1 aromatic carbocycles. The van der Waals surface area contributed by atoms with E-state index in [2.05, 4.69) is 18.7 Å². The molecular weight excluding hydrogens is 167 g/mol. The molecule has 1 nitrogen and oxygen atoms in total. The standard InChI is InChI=1S/C10H13OP/c1-2-9-3-5-10(6-4-9)7-12-8-11/h2-6,11-12H,1,7-8H2. The maximum atomic E-state index is 8.62. The molecule has 0 aliphatic carbocycles. The molecular formula is C10H13OP. The van der Waals surface area contributed by atoms with Crippen LogP contribution in [0.2, 0.25) is 0 Å². The van der Waals surface area contributed by atoms with Crippen molar-refractivity contribution >= 4 is 14.7 Å². The van der Waals surface area contributed by atoms with E-state index in [4.69, 9.17) is 5.11 Å². The van der Waals surface area contributed by atoms with Crippen LogP contribution in [0.15, 0.2) is 30.8 Å². The van der Waals surface area contributed by atoms with E-state index >= 15 is 0 Å². The lowest BCUT2D eigenvalue weighted by atomic mass is 10.1. The average Bonchev–Trinajstić information content (AvgIpc) is 2.15. The third-order valence-electron chi connectivity index (χ3n) is 1.66. The Hall–Kier alpha value is -0.650. The van der Waals surface area contributed by atoms with Crippen LogP contribution in [-0.4, -0.2) is 11.5 Å². The molecule has 64 valence electrons.